The number of rotatable bonds is 6. The highest BCUT2D eigenvalue weighted by molar-refractivity contribution is 7.92. The first kappa shape index (κ1) is 16.4. The fraction of sp³-hybridized carbons (Fsp3) is 0.533. The molecule has 0 radical (unpaired) electrons. The summed E-state index contributed by atoms with van der Waals surface area (Å²) in [6.45, 7) is 3.87. The van der Waals surface area contributed by atoms with Crippen LogP contribution in [0.5, 0.6) is 0 Å². The Hall–Kier alpha value is -0.980. The molecule has 0 aliphatic heterocycles. The van der Waals surface area contributed by atoms with Crippen molar-refractivity contribution in [3.05, 3.63) is 35.4 Å². The van der Waals surface area contributed by atoms with E-state index in [2.05, 4.69) is 0 Å². The number of nitrogens with two attached hydrogens (primary N) is 1. The summed E-state index contributed by atoms with van der Waals surface area (Å²) in [6.07, 6.45) is 0. The summed E-state index contributed by atoms with van der Waals surface area (Å²) in [5.41, 5.74) is 7.20. The molecule has 0 bridgehead atoms. The van der Waals surface area contributed by atoms with Crippen molar-refractivity contribution < 1.29 is 13.2 Å². The number of aryl methyl sites for hydroxylation is 1. The summed E-state index contributed by atoms with van der Waals surface area (Å²) in [6, 6.07) is 7.85. The van der Waals surface area contributed by atoms with Gasteiger partial charge in [-0.3, -0.25) is 0 Å². The van der Waals surface area contributed by atoms with Gasteiger partial charge in [0.05, 0.1) is 22.3 Å². The predicted molar refractivity (Wildman–Crippen MR) is 88.3 cm³/mol. The molecule has 0 unspecified atom stereocenters. The van der Waals surface area contributed by atoms with Crippen molar-refractivity contribution >= 4 is 27.0 Å². The van der Waals surface area contributed by atoms with Crippen LogP contribution in [0.25, 0.3) is 0 Å². The van der Waals surface area contributed by atoms with Crippen LogP contribution in [0, 0.1) is 12.3 Å². The molecule has 1 aliphatic carbocycles. The molecule has 1 aromatic carbocycles. The van der Waals surface area contributed by atoms with E-state index < -0.39 is 20.5 Å². The van der Waals surface area contributed by atoms with Gasteiger partial charge in [-0.1, -0.05) is 49.0 Å². The fourth-order valence-electron chi connectivity index (χ4n) is 3.13. The van der Waals surface area contributed by atoms with Gasteiger partial charge in [0.1, 0.15) is 0 Å². The largest absolute Gasteiger partial charge is 0.393 e. The molecule has 0 aromatic heterocycles. The highest BCUT2D eigenvalue weighted by Crippen LogP contribution is 2.63. The van der Waals surface area contributed by atoms with Gasteiger partial charge in [-0.2, -0.15) is 0 Å². The Kier molecular flexibility index (Phi) is 4.42. The van der Waals surface area contributed by atoms with Crippen molar-refractivity contribution in [3.63, 3.8) is 0 Å². The zero-order valence-electron chi connectivity index (χ0n) is 12.5. The molecule has 0 saturated heterocycles. The quantitative estimate of drug-likeness (QED) is 0.807. The zero-order valence-corrected chi connectivity index (χ0v) is 14.1. The van der Waals surface area contributed by atoms with Crippen molar-refractivity contribution in [2.45, 2.75) is 25.0 Å². The molecule has 1 aliphatic rings. The van der Waals surface area contributed by atoms with Crippen LogP contribution in [-0.4, -0.2) is 38.1 Å². The van der Waals surface area contributed by atoms with Gasteiger partial charge in [-0.05, 0) is 12.5 Å². The standard InChI is InChI=1S/C15H21NO3S2/c1-4-21(17,18)13-12(11-7-5-10(2)6-8-11)15(13,9-19-3)14(16)20/h5-8,12-13H,4,9H2,1-3H3,(H2,16,20)/t12-,13+,15+/m0/s1. The van der Waals surface area contributed by atoms with Gasteiger partial charge in [0.2, 0.25) is 0 Å². The Morgan fingerprint density at radius 1 is 1.38 bits per heavy atom. The highest BCUT2D eigenvalue weighted by Gasteiger charge is 2.72. The second-order valence-corrected chi connectivity index (χ2v) is 8.45. The molecule has 2 N–H and O–H groups in total. The molecule has 2 rings (SSSR count). The average molecular weight is 327 g/mol. The van der Waals surface area contributed by atoms with E-state index in [0.717, 1.165) is 11.1 Å². The van der Waals surface area contributed by atoms with Crippen LogP contribution in [0.2, 0.25) is 0 Å². The molecule has 1 fully saturated rings. The van der Waals surface area contributed by atoms with Crippen molar-refractivity contribution in [2.24, 2.45) is 11.1 Å². The van der Waals surface area contributed by atoms with Gasteiger partial charge in [-0.15, -0.1) is 0 Å². The number of sulfone groups is 1. The van der Waals surface area contributed by atoms with Crippen LogP contribution in [0.15, 0.2) is 24.3 Å². The van der Waals surface area contributed by atoms with E-state index in [1.165, 1.54) is 0 Å². The lowest BCUT2D eigenvalue weighted by Crippen LogP contribution is -2.33. The minimum absolute atomic E-state index is 0.0775. The maximum atomic E-state index is 12.4. The van der Waals surface area contributed by atoms with Crippen LogP contribution >= 0.6 is 12.2 Å². The molecular formula is C15H21NO3S2. The molecular weight excluding hydrogens is 306 g/mol. The van der Waals surface area contributed by atoms with Gasteiger partial charge in [0.25, 0.3) is 0 Å². The topological polar surface area (TPSA) is 69.4 Å². The number of thiocarbonyl (C=S) groups is 1. The first-order chi connectivity index (χ1) is 9.81. The van der Waals surface area contributed by atoms with Crippen LogP contribution in [-0.2, 0) is 14.6 Å². The lowest BCUT2D eigenvalue weighted by atomic mass is 9.99. The van der Waals surface area contributed by atoms with E-state index in [4.69, 9.17) is 22.7 Å². The molecule has 6 heteroatoms. The van der Waals surface area contributed by atoms with E-state index in [1.807, 2.05) is 31.2 Å². The Labute approximate surface area is 131 Å². The maximum Gasteiger partial charge on any atom is 0.154 e. The third-order valence-corrected chi connectivity index (χ3v) is 6.98. The average Bonchev–Trinajstić information content (AvgIpc) is 3.11. The Balaban J connectivity index is 2.51. The Bertz CT molecular complexity index is 639. The molecule has 1 saturated carbocycles. The summed E-state index contributed by atoms with van der Waals surface area (Å²) in [5, 5.41) is -0.588. The van der Waals surface area contributed by atoms with Crippen LogP contribution < -0.4 is 5.73 Å². The highest BCUT2D eigenvalue weighted by atomic mass is 32.2. The number of ether oxygens (including phenoxy) is 1. The molecule has 0 amide bonds. The van der Waals surface area contributed by atoms with Crippen LogP contribution in [0.1, 0.15) is 24.0 Å². The lowest BCUT2D eigenvalue weighted by Gasteiger charge is -2.15. The van der Waals surface area contributed by atoms with Gasteiger partial charge >= 0.3 is 0 Å². The molecule has 3 atom stereocenters. The summed E-state index contributed by atoms with van der Waals surface area (Å²) < 4.78 is 30.1. The molecule has 0 heterocycles. The molecule has 4 nitrogen and oxygen atoms in total. The van der Waals surface area contributed by atoms with E-state index >= 15 is 0 Å². The molecule has 0 spiro atoms. The van der Waals surface area contributed by atoms with Gasteiger partial charge < -0.3 is 10.5 Å². The van der Waals surface area contributed by atoms with E-state index in [0.29, 0.717) is 0 Å². The smallest absolute Gasteiger partial charge is 0.154 e. The number of methoxy groups -OCH3 is 1. The molecule has 21 heavy (non-hydrogen) atoms. The second kappa shape index (κ2) is 5.66. The normalized spacial score (nSPS) is 28.3. The summed E-state index contributed by atoms with van der Waals surface area (Å²) in [4.78, 5) is 0.219. The maximum absolute atomic E-state index is 12.4. The monoisotopic (exact) mass is 327 g/mol. The van der Waals surface area contributed by atoms with Crippen molar-refractivity contribution in [3.8, 4) is 0 Å². The fourth-order valence-corrected chi connectivity index (χ4v) is 5.60. The predicted octanol–water partition coefficient (Wildman–Crippen LogP) is 1.81. The van der Waals surface area contributed by atoms with Gasteiger partial charge in [-0.25, -0.2) is 8.42 Å². The van der Waals surface area contributed by atoms with Crippen molar-refractivity contribution in [1.82, 2.24) is 0 Å². The third-order valence-electron chi connectivity index (χ3n) is 4.32. The first-order valence-corrected chi connectivity index (χ1v) is 9.00. The number of hydrogen-bond donors (Lipinski definition) is 1. The summed E-state index contributed by atoms with van der Waals surface area (Å²) >= 11 is 5.19. The minimum atomic E-state index is -3.25. The third kappa shape index (κ3) is 2.60. The SMILES string of the molecule is CCS(=O)(=O)[C@@H]1[C@H](c2ccc(C)cc2)[C@@]1(COC)C(N)=S. The Morgan fingerprint density at radius 3 is 2.38 bits per heavy atom. The van der Waals surface area contributed by atoms with Crippen LogP contribution in [0.3, 0.4) is 0 Å². The lowest BCUT2D eigenvalue weighted by molar-refractivity contribution is 0.166. The summed E-state index contributed by atoms with van der Waals surface area (Å²) in [7, 11) is -1.71. The van der Waals surface area contributed by atoms with Gasteiger partial charge in [0.15, 0.2) is 9.84 Å². The van der Waals surface area contributed by atoms with E-state index in [1.54, 1.807) is 14.0 Å². The van der Waals surface area contributed by atoms with Crippen LogP contribution in [0.4, 0.5) is 0 Å². The van der Waals surface area contributed by atoms with Gasteiger partial charge in [0, 0.05) is 18.8 Å². The first-order valence-electron chi connectivity index (χ1n) is 6.88. The number of hydrogen-bond acceptors (Lipinski definition) is 4. The second-order valence-electron chi connectivity index (χ2n) is 5.60. The molecule has 1 aromatic rings. The van der Waals surface area contributed by atoms with Crippen molar-refractivity contribution in [1.29, 1.82) is 0 Å². The summed E-state index contributed by atoms with van der Waals surface area (Å²) in [5.74, 6) is -0.144. The Morgan fingerprint density at radius 2 is 1.95 bits per heavy atom. The molecule has 116 valence electrons. The number of benzene rings is 1. The van der Waals surface area contributed by atoms with E-state index in [-0.39, 0.29) is 23.3 Å². The minimum Gasteiger partial charge on any atom is -0.393 e. The zero-order chi connectivity index (χ0) is 15.8. The van der Waals surface area contributed by atoms with Crippen molar-refractivity contribution in [2.75, 3.05) is 19.5 Å². The van der Waals surface area contributed by atoms with E-state index in [9.17, 15) is 8.42 Å².